The van der Waals surface area contributed by atoms with Gasteiger partial charge in [0, 0.05) is 20.1 Å². The Labute approximate surface area is 93.2 Å². The van der Waals surface area contributed by atoms with E-state index in [0.717, 1.165) is 31.8 Å². The molecule has 1 fully saturated rings. The van der Waals surface area contributed by atoms with Gasteiger partial charge >= 0.3 is 6.03 Å². The van der Waals surface area contributed by atoms with Crippen LogP contribution in [-0.4, -0.2) is 31.1 Å². The predicted molar refractivity (Wildman–Crippen MR) is 62.8 cm³/mol. The quantitative estimate of drug-likeness (QED) is 0.657. The van der Waals surface area contributed by atoms with E-state index in [-0.39, 0.29) is 6.03 Å². The lowest BCUT2D eigenvalue weighted by Gasteiger charge is -2.29. The lowest BCUT2D eigenvalue weighted by molar-refractivity contribution is 0.192. The first-order valence-corrected chi connectivity index (χ1v) is 5.92. The Morgan fingerprint density at radius 3 is 2.47 bits per heavy atom. The highest BCUT2D eigenvalue weighted by Crippen LogP contribution is 2.34. The molecule has 2 amide bonds. The van der Waals surface area contributed by atoms with Crippen molar-refractivity contribution in [3.8, 4) is 0 Å². The molecule has 0 radical (unpaired) electrons. The van der Waals surface area contributed by atoms with Crippen LogP contribution in [0, 0.1) is 11.3 Å². The Bertz CT molecular complexity index is 220. The minimum absolute atomic E-state index is 0.0737. The van der Waals surface area contributed by atoms with Crippen LogP contribution in [0.25, 0.3) is 0 Å². The summed E-state index contributed by atoms with van der Waals surface area (Å²) in [5.41, 5.74) is 0.374. The predicted octanol–water partition coefficient (Wildman–Crippen LogP) is 2.47. The lowest BCUT2D eigenvalue weighted by atomic mass is 9.77. The van der Waals surface area contributed by atoms with Crippen LogP contribution < -0.4 is 5.32 Å². The molecule has 1 rings (SSSR count). The molecule has 1 atom stereocenters. The number of hydrogen-bond donors (Lipinski definition) is 1. The Morgan fingerprint density at radius 2 is 1.93 bits per heavy atom. The molecule has 1 aliphatic rings. The molecular weight excluding hydrogens is 188 g/mol. The van der Waals surface area contributed by atoms with Crippen molar-refractivity contribution >= 4 is 6.03 Å². The molecule has 1 saturated heterocycles. The normalized spacial score (nSPS) is 23.5. The molecule has 1 heterocycles. The highest BCUT2D eigenvalue weighted by atomic mass is 16.2. The van der Waals surface area contributed by atoms with E-state index >= 15 is 0 Å². The average Bonchev–Trinajstić information content (AvgIpc) is 2.40. The summed E-state index contributed by atoms with van der Waals surface area (Å²) in [6.07, 6.45) is 3.52. The topological polar surface area (TPSA) is 32.3 Å². The fourth-order valence-electron chi connectivity index (χ4n) is 2.32. The van der Waals surface area contributed by atoms with E-state index in [1.165, 1.54) is 6.42 Å². The summed E-state index contributed by atoms with van der Waals surface area (Å²) in [6, 6.07) is 0.0737. The minimum Gasteiger partial charge on any atom is -0.341 e. The molecule has 0 aromatic rings. The zero-order valence-corrected chi connectivity index (χ0v) is 10.5. The van der Waals surface area contributed by atoms with Gasteiger partial charge in [-0.1, -0.05) is 20.8 Å². The molecule has 3 nitrogen and oxygen atoms in total. The number of urea groups is 1. The second-order valence-electron chi connectivity index (χ2n) is 5.54. The summed E-state index contributed by atoms with van der Waals surface area (Å²) in [5, 5.41) is 2.70. The number of likely N-dealkylation sites (tertiary alicyclic amines) is 1. The van der Waals surface area contributed by atoms with E-state index in [4.69, 9.17) is 0 Å². The summed E-state index contributed by atoms with van der Waals surface area (Å²) in [4.78, 5) is 13.4. The standard InChI is InChI=1S/C12H24N2O/c1-12(2,3)10-6-5-8-14(9-7-10)11(15)13-4/h10H,5-9H2,1-4H3,(H,13,15). The van der Waals surface area contributed by atoms with Crippen LogP contribution >= 0.6 is 0 Å². The van der Waals surface area contributed by atoms with Crippen LogP contribution in [0.1, 0.15) is 40.0 Å². The summed E-state index contributed by atoms with van der Waals surface area (Å²) >= 11 is 0. The molecule has 0 spiro atoms. The number of hydrogen-bond acceptors (Lipinski definition) is 1. The van der Waals surface area contributed by atoms with E-state index in [0.29, 0.717) is 5.41 Å². The molecule has 1 aliphatic heterocycles. The summed E-state index contributed by atoms with van der Waals surface area (Å²) in [5.74, 6) is 0.743. The second kappa shape index (κ2) is 4.86. The molecule has 1 N–H and O–H groups in total. The fourth-order valence-corrected chi connectivity index (χ4v) is 2.32. The Hall–Kier alpha value is -0.730. The molecule has 88 valence electrons. The summed E-state index contributed by atoms with van der Waals surface area (Å²) in [6.45, 7) is 8.71. The van der Waals surface area contributed by atoms with Crippen molar-refractivity contribution in [1.29, 1.82) is 0 Å². The Kier molecular flexibility index (Phi) is 4.00. The van der Waals surface area contributed by atoms with Gasteiger partial charge in [-0.25, -0.2) is 4.79 Å². The van der Waals surface area contributed by atoms with E-state index in [2.05, 4.69) is 26.1 Å². The summed E-state index contributed by atoms with van der Waals surface area (Å²) in [7, 11) is 1.70. The molecule has 15 heavy (non-hydrogen) atoms. The first kappa shape index (κ1) is 12.3. The molecule has 1 unspecified atom stereocenters. The number of carbonyl (C=O) groups excluding carboxylic acids is 1. The Morgan fingerprint density at radius 1 is 1.27 bits per heavy atom. The number of nitrogens with one attached hydrogen (secondary N) is 1. The van der Waals surface area contributed by atoms with Crippen molar-refractivity contribution in [2.24, 2.45) is 11.3 Å². The third-order valence-electron chi connectivity index (χ3n) is 3.45. The van der Waals surface area contributed by atoms with Gasteiger partial charge in [0.2, 0.25) is 0 Å². The molecule has 3 heteroatoms. The average molecular weight is 212 g/mol. The monoisotopic (exact) mass is 212 g/mol. The third kappa shape index (κ3) is 3.40. The van der Waals surface area contributed by atoms with E-state index in [9.17, 15) is 4.79 Å². The van der Waals surface area contributed by atoms with Crippen molar-refractivity contribution in [3.63, 3.8) is 0 Å². The van der Waals surface area contributed by atoms with Gasteiger partial charge in [0.1, 0.15) is 0 Å². The van der Waals surface area contributed by atoms with Crippen LogP contribution in [0.2, 0.25) is 0 Å². The number of rotatable bonds is 0. The van der Waals surface area contributed by atoms with Crippen molar-refractivity contribution in [1.82, 2.24) is 10.2 Å². The maximum Gasteiger partial charge on any atom is 0.317 e. The van der Waals surface area contributed by atoms with Gasteiger partial charge in [0.15, 0.2) is 0 Å². The zero-order valence-electron chi connectivity index (χ0n) is 10.5. The first-order chi connectivity index (χ1) is 6.95. The Balaban J connectivity index is 2.52. The highest BCUT2D eigenvalue weighted by molar-refractivity contribution is 5.73. The number of carbonyl (C=O) groups is 1. The largest absolute Gasteiger partial charge is 0.341 e. The van der Waals surface area contributed by atoms with Gasteiger partial charge in [0.25, 0.3) is 0 Å². The molecule has 0 aromatic carbocycles. The minimum atomic E-state index is 0.0737. The van der Waals surface area contributed by atoms with Crippen LogP contribution in [0.3, 0.4) is 0 Å². The maximum atomic E-state index is 11.5. The van der Waals surface area contributed by atoms with E-state index in [1.807, 2.05) is 4.90 Å². The van der Waals surface area contributed by atoms with Crippen LogP contribution in [0.15, 0.2) is 0 Å². The van der Waals surface area contributed by atoms with Crippen molar-refractivity contribution in [2.45, 2.75) is 40.0 Å². The molecule has 0 aliphatic carbocycles. The zero-order chi connectivity index (χ0) is 11.5. The fraction of sp³-hybridized carbons (Fsp3) is 0.917. The maximum absolute atomic E-state index is 11.5. The second-order valence-corrected chi connectivity index (χ2v) is 5.54. The van der Waals surface area contributed by atoms with Crippen molar-refractivity contribution in [2.75, 3.05) is 20.1 Å². The summed E-state index contributed by atoms with van der Waals surface area (Å²) < 4.78 is 0. The third-order valence-corrected chi connectivity index (χ3v) is 3.45. The molecule has 0 bridgehead atoms. The van der Waals surface area contributed by atoms with Crippen molar-refractivity contribution < 1.29 is 4.79 Å². The number of nitrogens with zero attached hydrogens (tertiary/aromatic N) is 1. The van der Waals surface area contributed by atoms with Gasteiger partial charge < -0.3 is 10.2 Å². The van der Waals surface area contributed by atoms with Crippen LogP contribution in [-0.2, 0) is 0 Å². The highest BCUT2D eigenvalue weighted by Gasteiger charge is 2.27. The van der Waals surface area contributed by atoms with Gasteiger partial charge in [-0.05, 0) is 30.6 Å². The first-order valence-electron chi connectivity index (χ1n) is 5.92. The number of amides is 2. The van der Waals surface area contributed by atoms with Gasteiger partial charge in [0.05, 0.1) is 0 Å². The van der Waals surface area contributed by atoms with Gasteiger partial charge in [-0.2, -0.15) is 0 Å². The van der Waals surface area contributed by atoms with E-state index < -0.39 is 0 Å². The van der Waals surface area contributed by atoms with E-state index in [1.54, 1.807) is 7.05 Å². The molecule has 0 aromatic heterocycles. The van der Waals surface area contributed by atoms with Crippen molar-refractivity contribution in [3.05, 3.63) is 0 Å². The smallest absolute Gasteiger partial charge is 0.317 e. The van der Waals surface area contributed by atoms with Crippen LogP contribution in [0.5, 0.6) is 0 Å². The van der Waals surface area contributed by atoms with Gasteiger partial charge in [-0.3, -0.25) is 0 Å². The molecular formula is C12H24N2O. The molecule has 0 saturated carbocycles. The SMILES string of the molecule is CNC(=O)N1CCCC(C(C)(C)C)CC1. The van der Waals surface area contributed by atoms with Gasteiger partial charge in [-0.15, -0.1) is 0 Å². The van der Waals surface area contributed by atoms with Crippen LogP contribution in [0.4, 0.5) is 4.79 Å². The lowest BCUT2D eigenvalue weighted by Crippen LogP contribution is -2.38.